The molecule has 2 fully saturated rings. The van der Waals surface area contributed by atoms with Gasteiger partial charge in [0, 0.05) is 50.2 Å². The third-order valence-corrected chi connectivity index (χ3v) is 14.3. The first-order chi connectivity index (χ1) is 31.0. The lowest BCUT2D eigenvalue weighted by atomic mass is 9.75. The highest BCUT2D eigenvalue weighted by Gasteiger charge is 2.50. The minimum Gasteiger partial charge on any atom is -0.592 e. The monoisotopic (exact) mass is 883 g/mol. The molecule has 0 saturated heterocycles. The second-order valence-corrected chi connectivity index (χ2v) is 19.1. The number of fused-ring (bicyclic) bond motifs is 3. The zero-order valence-electron chi connectivity index (χ0n) is 38.0. The van der Waals surface area contributed by atoms with Crippen molar-refractivity contribution in [1.82, 2.24) is 10.6 Å². The van der Waals surface area contributed by atoms with Crippen LogP contribution in [0.25, 0.3) is 6.08 Å². The van der Waals surface area contributed by atoms with Crippen LogP contribution in [-0.4, -0.2) is 100 Å². The summed E-state index contributed by atoms with van der Waals surface area (Å²) in [4.78, 5) is 4.99. The number of hydrogen-bond acceptors (Lipinski definition) is 12. The van der Waals surface area contributed by atoms with E-state index in [0.717, 1.165) is 104 Å². The molecule has 10 atom stereocenters. The largest absolute Gasteiger partial charge is 0.592 e. The molecule has 350 valence electrons. The van der Waals surface area contributed by atoms with E-state index in [1.165, 1.54) is 24.8 Å². The van der Waals surface area contributed by atoms with E-state index in [4.69, 9.17) is 20.2 Å². The third-order valence-electron chi connectivity index (χ3n) is 14.3. The molecule has 2 heterocycles. The number of likely N-dealkylation sites (N-methyl/N-ethyl adjacent to an activating group) is 1. The van der Waals surface area contributed by atoms with Crippen LogP contribution in [-0.2, 0) is 17.8 Å². The summed E-state index contributed by atoms with van der Waals surface area (Å²) in [5, 5.41) is 69.8. The zero-order valence-corrected chi connectivity index (χ0v) is 38.0. The number of phenolic OH excluding ortho intramolecular Hbond substituents is 1. The van der Waals surface area contributed by atoms with Crippen LogP contribution in [0.1, 0.15) is 119 Å². The Balaban J connectivity index is 0.836. The van der Waals surface area contributed by atoms with Crippen LogP contribution in [0.3, 0.4) is 0 Å². The number of aliphatic hydroxyl groups is 5. The summed E-state index contributed by atoms with van der Waals surface area (Å²) in [6.45, 7) is 2.98. The first kappa shape index (κ1) is 48.1. The Morgan fingerprint density at radius 3 is 2.64 bits per heavy atom. The number of aryl methyl sites for hydroxylation is 1. The van der Waals surface area contributed by atoms with Gasteiger partial charge < -0.3 is 56.5 Å². The molecule has 2 aromatic rings. The maximum atomic E-state index is 11.4. The molecule has 2 saturated carbocycles. The molecule has 10 unspecified atom stereocenters. The lowest BCUT2D eigenvalue weighted by Gasteiger charge is -2.32. The normalized spacial score (nSPS) is 25.7. The number of nitrogens with zero attached hydrogens (tertiary/aromatic N) is 1. The van der Waals surface area contributed by atoms with E-state index in [9.17, 15) is 30.6 Å². The van der Waals surface area contributed by atoms with Gasteiger partial charge in [-0.1, -0.05) is 81.1 Å². The lowest BCUT2D eigenvalue weighted by Crippen LogP contribution is -2.49. The van der Waals surface area contributed by atoms with Crippen LogP contribution in [0.2, 0.25) is 0 Å². The SMILES string of the molecule is CNCC(NCC(C)O)C1C2=C[C+](C(O)COc3cc(CCC4=C[C-](CO)C(CCCCCCC(N)CC5C=Cc6cc(CO)ccc6C5O)O4)ccc3O)N=C2CCC2CCCC21. The number of allylic oxidation sites excluding steroid dienone is 1. The van der Waals surface area contributed by atoms with Crippen LogP contribution in [0, 0.1) is 35.6 Å². The Labute approximate surface area is 380 Å². The fourth-order valence-electron chi connectivity index (χ4n) is 10.9. The molecule has 0 spiro atoms. The number of nitrogens with two attached hydrogens (primary N) is 1. The minimum atomic E-state index is -0.969. The number of phenols is 1. The van der Waals surface area contributed by atoms with Gasteiger partial charge in [-0.05, 0) is 105 Å². The van der Waals surface area contributed by atoms with Crippen LogP contribution in [0.5, 0.6) is 11.5 Å². The van der Waals surface area contributed by atoms with Crippen molar-refractivity contribution in [3.63, 3.8) is 0 Å². The van der Waals surface area contributed by atoms with Crippen LogP contribution in [0.15, 0.2) is 71.0 Å². The summed E-state index contributed by atoms with van der Waals surface area (Å²) < 4.78 is 12.4. The molecule has 0 bridgehead atoms. The summed E-state index contributed by atoms with van der Waals surface area (Å²) >= 11 is 0. The second kappa shape index (κ2) is 23.1. The van der Waals surface area contributed by atoms with E-state index in [2.05, 4.69) is 16.7 Å². The molecule has 64 heavy (non-hydrogen) atoms. The number of ether oxygens (including phenoxy) is 2. The molecule has 12 heteroatoms. The number of aromatic hydroxyl groups is 1. The smallest absolute Gasteiger partial charge is 0.189 e. The first-order valence-corrected chi connectivity index (χ1v) is 24.1. The van der Waals surface area contributed by atoms with E-state index in [1.807, 2.05) is 55.6 Å². The van der Waals surface area contributed by atoms with E-state index >= 15 is 0 Å². The van der Waals surface area contributed by atoms with Gasteiger partial charge in [0.2, 0.25) is 0 Å². The molecule has 7 rings (SSSR count). The summed E-state index contributed by atoms with van der Waals surface area (Å²) in [6.07, 6.45) is 19.5. The fourth-order valence-corrected chi connectivity index (χ4v) is 10.9. The van der Waals surface area contributed by atoms with Gasteiger partial charge in [0.05, 0.1) is 30.8 Å². The van der Waals surface area contributed by atoms with Crippen molar-refractivity contribution >= 4 is 11.8 Å². The summed E-state index contributed by atoms with van der Waals surface area (Å²) in [6, 6.07) is 11.7. The van der Waals surface area contributed by atoms with Crippen molar-refractivity contribution in [2.45, 2.75) is 140 Å². The van der Waals surface area contributed by atoms with Gasteiger partial charge in [0.25, 0.3) is 0 Å². The Bertz CT molecular complexity index is 1950. The van der Waals surface area contributed by atoms with Gasteiger partial charge in [-0.15, -0.1) is 4.99 Å². The number of rotatable bonds is 24. The van der Waals surface area contributed by atoms with Crippen molar-refractivity contribution < 1.29 is 40.1 Å². The maximum Gasteiger partial charge on any atom is 0.189 e. The summed E-state index contributed by atoms with van der Waals surface area (Å²) in [5.74, 6) is 3.44. The summed E-state index contributed by atoms with van der Waals surface area (Å²) in [7, 11) is 1.97. The fraction of sp³-hybridized carbons (Fsp3) is 0.596. The molecule has 12 nitrogen and oxygen atoms in total. The van der Waals surface area contributed by atoms with Gasteiger partial charge in [-0.3, -0.25) is 0 Å². The first-order valence-electron chi connectivity index (χ1n) is 24.1. The number of nitrogens with one attached hydrogen (secondary N) is 2. The topological polar surface area (TPSA) is 202 Å². The van der Waals surface area contributed by atoms with E-state index in [0.29, 0.717) is 43.0 Å². The highest BCUT2D eigenvalue weighted by Crippen LogP contribution is 2.49. The zero-order chi connectivity index (χ0) is 45.2. The molecule has 0 amide bonds. The van der Waals surface area contributed by atoms with Crippen molar-refractivity contribution in [2.24, 2.45) is 34.4 Å². The average Bonchev–Trinajstić information content (AvgIpc) is 4.03. The van der Waals surface area contributed by atoms with E-state index < -0.39 is 18.3 Å². The van der Waals surface area contributed by atoms with Crippen molar-refractivity contribution in [3.8, 4) is 11.5 Å². The van der Waals surface area contributed by atoms with Crippen LogP contribution >= 0.6 is 0 Å². The van der Waals surface area contributed by atoms with Gasteiger partial charge in [0.1, 0.15) is 12.2 Å². The number of aliphatic imine (C=N–C) groups is 1. The standard InChI is InChI=1S/C52H74N4O8/c1-32(59)27-55-46(28-54-2)51-41-10-7-8-35(41)17-20-44-43(51)26-45(56-44)48(61)31-63-50-23-33(14-21-47(50)60)12-18-40-25-38(30-58)49(64-40)11-6-4-3-5-9-39(53)24-37-16-15-36-22-34(29-57)13-19-42(36)52(37)62/h13-16,19,21-23,25-26,32,35,37,39,41,46,48-49,51-52,54-55,57-62H,3-12,17-18,20,24,27-31,53H2,1-2H3. The number of hydrogen-bond donors (Lipinski definition) is 9. The lowest BCUT2D eigenvalue weighted by molar-refractivity contribution is 0.120. The third kappa shape index (κ3) is 12.1. The molecule has 10 N–H and O–H groups in total. The molecule has 2 aliphatic heterocycles. The van der Waals surface area contributed by atoms with Gasteiger partial charge in [-0.25, -0.2) is 0 Å². The van der Waals surface area contributed by atoms with Gasteiger partial charge in [-0.2, -0.15) is 12.0 Å². The molecule has 0 aromatic heterocycles. The van der Waals surface area contributed by atoms with Crippen molar-refractivity contribution in [3.05, 3.63) is 100 Å². The highest BCUT2D eigenvalue weighted by molar-refractivity contribution is 6.04. The van der Waals surface area contributed by atoms with Crippen molar-refractivity contribution in [2.75, 3.05) is 33.4 Å². The van der Waals surface area contributed by atoms with Gasteiger partial charge in [0.15, 0.2) is 29.4 Å². The Morgan fingerprint density at radius 2 is 1.84 bits per heavy atom. The average molecular weight is 883 g/mol. The van der Waals surface area contributed by atoms with E-state index in [-0.39, 0.29) is 55.6 Å². The number of aliphatic hydroxyl groups excluding tert-OH is 5. The quantitative estimate of drug-likeness (QED) is 0.0433. The molecular weight excluding hydrogens is 809 g/mol. The highest BCUT2D eigenvalue weighted by atomic mass is 16.5. The predicted molar refractivity (Wildman–Crippen MR) is 251 cm³/mol. The Kier molecular flexibility index (Phi) is 17.3. The van der Waals surface area contributed by atoms with Crippen LogP contribution in [0.4, 0.5) is 0 Å². The molecular formula is C52H74N4O8. The predicted octanol–water partition coefficient (Wildman–Crippen LogP) is 6.14. The molecule has 2 aromatic carbocycles. The number of benzene rings is 2. The minimum absolute atomic E-state index is 0.00368. The van der Waals surface area contributed by atoms with E-state index in [1.54, 1.807) is 13.0 Å². The van der Waals surface area contributed by atoms with Gasteiger partial charge >= 0.3 is 0 Å². The Hall–Kier alpha value is -3.85. The second-order valence-electron chi connectivity index (χ2n) is 19.1. The van der Waals surface area contributed by atoms with Crippen molar-refractivity contribution in [1.29, 1.82) is 0 Å². The number of unbranched alkanes of at least 4 members (excludes halogenated alkanes) is 3. The molecule has 0 radical (unpaired) electrons. The summed E-state index contributed by atoms with van der Waals surface area (Å²) in [5.41, 5.74) is 12.4. The van der Waals surface area contributed by atoms with Crippen LogP contribution < -0.4 is 21.1 Å². The maximum absolute atomic E-state index is 11.4. The molecule has 3 aliphatic carbocycles. The molecule has 5 aliphatic rings. The Morgan fingerprint density at radius 1 is 1.02 bits per heavy atom.